The minimum Gasteiger partial charge on any atom is -0.462 e. The molecule has 28 heavy (non-hydrogen) atoms. The molecular weight excluding hydrogens is 390 g/mol. The Bertz CT molecular complexity index is 912. The third-order valence-corrected chi connectivity index (χ3v) is 6.40. The predicted octanol–water partition coefficient (Wildman–Crippen LogP) is 3.88. The van der Waals surface area contributed by atoms with Crippen LogP contribution < -0.4 is 4.90 Å². The first-order chi connectivity index (χ1) is 13.5. The highest BCUT2D eigenvalue weighted by Gasteiger charge is 2.34. The van der Waals surface area contributed by atoms with Gasteiger partial charge in [-0.15, -0.1) is 0 Å². The van der Waals surface area contributed by atoms with E-state index < -0.39 is 0 Å². The fraction of sp³-hybridized carbons (Fsp3) is 0.333. The van der Waals surface area contributed by atoms with Crippen molar-refractivity contribution in [3.05, 3.63) is 58.4 Å². The summed E-state index contributed by atoms with van der Waals surface area (Å²) in [6, 6.07) is 12.4. The molecule has 1 amide bonds. The SMILES string of the molecule is Cc1ccc(N2CCN(CN3C(=O)/C(=C\c4ccc(C)o4)SC3=S)CC2)cc1. The summed E-state index contributed by atoms with van der Waals surface area (Å²) in [5, 5.41) is 0. The second-order valence-corrected chi connectivity index (χ2v) is 8.82. The Hall–Kier alpha value is -2.09. The van der Waals surface area contributed by atoms with Gasteiger partial charge in [-0.05, 0) is 38.1 Å². The van der Waals surface area contributed by atoms with Crippen molar-refractivity contribution in [1.82, 2.24) is 9.80 Å². The van der Waals surface area contributed by atoms with E-state index in [1.165, 1.54) is 23.0 Å². The number of carbonyl (C=O) groups is 1. The van der Waals surface area contributed by atoms with Crippen molar-refractivity contribution in [3.8, 4) is 0 Å². The smallest absolute Gasteiger partial charge is 0.267 e. The van der Waals surface area contributed by atoms with Crippen LogP contribution in [0.5, 0.6) is 0 Å². The number of nitrogens with zero attached hydrogens (tertiary/aromatic N) is 3. The normalized spacial score (nSPS) is 19.9. The van der Waals surface area contributed by atoms with Gasteiger partial charge in [0, 0.05) is 37.9 Å². The number of hydrogen-bond donors (Lipinski definition) is 0. The lowest BCUT2D eigenvalue weighted by Crippen LogP contribution is -2.50. The molecular formula is C21H23N3O2S2. The van der Waals surface area contributed by atoms with E-state index >= 15 is 0 Å². The maximum atomic E-state index is 12.8. The zero-order valence-electron chi connectivity index (χ0n) is 16.1. The molecule has 0 bridgehead atoms. The number of amides is 1. The van der Waals surface area contributed by atoms with Gasteiger partial charge >= 0.3 is 0 Å². The molecule has 2 fully saturated rings. The average Bonchev–Trinajstić information content (AvgIpc) is 3.21. The van der Waals surface area contributed by atoms with Crippen LogP contribution in [-0.4, -0.2) is 52.9 Å². The molecule has 0 radical (unpaired) electrons. The molecule has 146 valence electrons. The van der Waals surface area contributed by atoms with E-state index in [0.29, 0.717) is 21.7 Å². The highest BCUT2D eigenvalue weighted by molar-refractivity contribution is 8.26. The fourth-order valence-corrected chi connectivity index (χ4v) is 4.61. The number of piperazine rings is 1. The number of thiocarbonyl (C=S) groups is 1. The van der Waals surface area contributed by atoms with E-state index in [0.717, 1.165) is 31.9 Å². The minimum absolute atomic E-state index is 0.0370. The second-order valence-electron chi connectivity index (χ2n) is 7.14. The summed E-state index contributed by atoms with van der Waals surface area (Å²) in [4.78, 5) is 19.8. The molecule has 2 aliphatic heterocycles. The predicted molar refractivity (Wildman–Crippen MR) is 118 cm³/mol. The summed E-state index contributed by atoms with van der Waals surface area (Å²) in [5.41, 5.74) is 2.53. The first kappa shape index (κ1) is 19.2. The number of furan rings is 1. The molecule has 0 saturated carbocycles. The number of rotatable bonds is 4. The van der Waals surface area contributed by atoms with Crippen molar-refractivity contribution in [1.29, 1.82) is 0 Å². The second kappa shape index (κ2) is 8.11. The Morgan fingerprint density at radius 3 is 2.43 bits per heavy atom. The van der Waals surface area contributed by atoms with Crippen molar-refractivity contribution in [2.24, 2.45) is 0 Å². The summed E-state index contributed by atoms with van der Waals surface area (Å²) >= 11 is 6.80. The van der Waals surface area contributed by atoms with Crippen LogP contribution in [0.3, 0.4) is 0 Å². The standard InChI is InChI=1S/C21H23N3O2S2/c1-15-3-6-17(7-4-15)23-11-9-22(10-12-23)14-24-20(25)19(28-21(24)27)13-18-8-5-16(2)26-18/h3-8,13H,9-12,14H2,1-2H3/b19-13+. The molecule has 7 heteroatoms. The maximum absolute atomic E-state index is 12.8. The van der Waals surface area contributed by atoms with Crippen molar-refractivity contribution in [2.75, 3.05) is 37.7 Å². The number of hydrogen-bond acceptors (Lipinski definition) is 6. The van der Waals surface area contributed by atoms with Crippen LogP contribution in [0.2, 0.25) is 0 Å². The first-order valence-electron chi connectivity index (χ1n) is 9.35. The van der Waals surface area contributed by atoms with Crippen LogP contribution in [0, 0.1) is 13.8 Å². The summed E-state index contributed by atoms with van der Waals surface area (Å²) in [7, 11) is 0. The van der Waals surface area contributed by atoms with Gasteiger partial charge < -0.3 is 9.32 Å². The van der Waals surface area contributed by atoms with Gasteiger partial charge in [0.2, 0.25) is 0 Å². The summed E-state index contributed by atoms with van der Waals surface area (Å²) < 4.78 is 6.17. The van der Waals surface area contributed by atoms with Gasteiger partial charge in [0.1, 0.15) is 15.8 Å². The Kier molecular flexibility index (Phi) is 5.57. The van der Waals surface area contributed by atoms with Crippen LogP contribution >= 0.6 is 24.0 Å². The number of benzene rings is 1. The molecule has 4 rings (SSSR count). The fourth-order valence-electron chi connectivity index (χ4n) is 3.39. The Labute approximate surface area is 175 Å². The number of anilines is 1. The van der Waals surface area contributed by atoms with Gasteiger partial charge in [0.25, 0.3) is 5.91 Å². The van der Waals surface area contributed by atoms with E-state index in [1.54, 1.807) is 11.0 Å². The molecule has 0 aliphatic carbocycles. The van der Waals surface area contributed by atoms with E-state index in [2.05, 4.69) is 41.0 Å². The van der Waals surface area contributed by atoms with Gasteiger partial charge in [-0.3, -0.25) is 14.6 Å². The molecule has 0 unspecified atom stereocenters. The van der Waals surface area contributed by atoms with Crippen LogP contribution in [0.4, 0.5) is 5.69 Å². The highest BCUT2D eigenvalue weighted by Crippen LogP contribution is 2.33. The maximum Gasteiger partial charge on any atom is 0.267 e. The monoisotopic (exact) mass is 413 g/mol. The molecule has 0 atom stereocenters. The van der Waals surface area contributed by atoms with Crippen molar-refractivity contribution in [3.63, 3.8) is 0 Å². The molecule has 2 aromatic rings. The number of thioether (sulfide) groups is 1. The summed E-state index contributed by atoms with van der Waals surface area (Å²) in [6.07, 6.45) is 1.78. The minimum atomic E-state index is -0.0370. The molecule has 0 spiro atoms. The largest absolute Gasteiger partial charge is 0.462 e. The molecule has 1 aromatic heterocycles. The summed E-state index contributed by atoms with van der Waals surface area (Å²) in [6.45, 7) is 8.23. The Morgan fingerprint density at radius 2 is 1.79 bits per heavy atom. The zero-order valence-corrected chi connectivity index (χ0v) is 17.7. The number of aryl methyl sites for hydroxylation is 2. The van der Waals surface area contributed by atoms with E-state index in [4.69, 9.17) is 16.6 Å². The lowest BCUT2D eigenvalue weighted by molar-refractivity contribution is -0.123. The molecule has 5 nitrogen and oxygen atoms in total. The van der Waals surface area contributed by atoms with Gasteiger partial charge in [0.05, 0.1) is 11.6 Å². The van der Waals surface area contributed by atoms with Crippen LogP contribution in [0.15, 0.2) is 45.7 Å². The number of carbonyl (C=O) groups excluding carboxylic acids is 1. The first-order valence-corrected chi connectivity index (χ1v) is 10.6. The van der Waals surface area contributed by atoms with Crippen LogP contribution in [-0.2, 0) is 4.79 Å². The third-order valence-electron chi connectivity index (χ3n) is 5.02. The van der Waals surface area contributed by atoms with E-state index in [1.807, 2.05) is 19.1 Å². The lowest BCUT2D eigenvalue weighted by atomic mass is 10.2. The molecule has 2 saturated heterocycles. The quantitative estimate of drug-likeness (QED) is 0.560. The summed E-state index contributed by atoms with van der Waals surface area (Å²) in [5.74, 6) is 1.47. The Balaban J connectivity index is 1.36. The Morgan fingerprint density at radius 1 is 1.07 bits per heavy atom. The van der Waals surface area contributed by atoms with Gasteiger partial charge in [-0.1, -0.05) is 41.7 Å². The third kappa shape index (κ3) is 4.16. The zero-order chi connectivity index (χ0) is 19.7. The average molecular weight is 414 g/mol. The van der Waals surface area contributed by atoms with Crippen LogP contribution in [0.1, 0.15) is 17.1 Å². The molecule has 0 N–H and O–H groups in total. The van der Waals surface area contributed by atoms with Gasteiger partial charge in [-0.2, -0.15) is 0 Å². The van der Waals surface area contributed by atoms with Crippen LogP contribution in [0.25, 0.3) is 6.08 Å². The van der Waals surface area contributed by atoms with Crippen molar-refractivity contribution >= 4 is 46.0 Å². The van der Waals surface area contributed by atoms with E-state index in [-0.39, 0.29) is 5.91 Å². The van der Waals surface area contributed by atoms with Gasteiger partial charge in [0.15, 0.2) is 0 Å². The van der Waals surface area contributed by atoms with Crippen molar-refractivity contribution in [2.45, 2.75) is 13.8 Å². The van der Waals surface area contributed by atoms with E-state index in [9.17, 15) is 4.79 Å². The highest BCUT2D eigenvalue weighted by atomic mass is 32.2. The van der Waals surface area contributed by atoms with Crippen molar-refractivity contribution < 1.29 is 9.21 Å². The molecule has 1 aromatic carbocycles. The molecule has 3 heterocycles. The topological polar surface area (TPSA) is 39.9 Å². The lowest BCUT2D eigenvalue weighted by Gasteiger charge is -2.37. The van der Waals surface area contributed by atoms with Gasteiger partial charge in [-0.25, -0.2) is 0 Å². The molecule has 2 aliphatic rings.